The van der Waals surface area contributed by atoms with E-state index in [9.17, 15) is 27.2 Å². The van der Waals surface area contributed by atoms with E-state index in [2.05, 4.69) is 9.97 Å². The predicted octanol–water partition coefficient (Wildman–Crippen LogP) is 5.47. The summed E-state index contributed by atoms with van der Waals surface area (Å²) in [5.41, 5.74) is 9.65. The molecular weight excluding hydrogens is 582 g/mol. The summed E-state index contributed by atoms with van der Waals surface area (Å²) in [6.07, 6.45) is 1.10. The third-order valence-corrected chi connectivity index (χ3v) is 7.07. The maximum Gasteiger partial charge on any atom is 0.356 e. The van der Waals surface area contributed by atoms with Gasteiger partial charge in [-0.2, -0.15) is 0 Å². The minimum absolute atomic E-state index is 0.0398. The van der Waals surface area contributed by atoms with Crippen molar-refractivity contribution < 1.29 is 41.4 Å². The van der Waals surface area contributed by atoms with Crippen molar-refractivity contribution in [3.05, 3.63) is 106 Å². The average Bonchev–Trinajstić information content (AvgIpc) is 3.00. The molecule has 4 heterocycles. The molecule has 0 radical (unpaired) electrons. The Morgan fingerprint density at radius 3 is 1.68 bits per heavy atom. The van der Waals surface area contributed by atoms with Crippen molar-refractivity contribution in [1.82, 2.24) is 9.97 Å². The Morgan fingerprint density at radius 1 is 0.750 bits per heavy atom. The van der Waals surface area contributed by atoms with E-state index >= 15 is 0 Å². The van der Waals surface area contributed by atoms with Gasteiger partial charge in [-0.05, 0) is 78.4 Å². The molecule has 0 spiro atoms. The zero-order valence-corrected chi connectivity index (χ0v) is 23.6. The highest BCUT2D eigenvalue weighted by atomic mass is 19.1. The Morgan fingerprint density at radius 2 is 1.23 bits per heavy atom. The summed E-state index contributed by atoms with van der Waals surface area (Å²) < 4.78 is 70.1. The van der Waals surface area contributed by atoms with Crippen LogP contribution in [-0.2, 0) is 40.3 Å². The number of hydrogen-bond acceptors (Lipinski definition) is 7. The summed E-state index contributed by atoms with van der Waals surface area (Å²) in [5, 5.41) is 0. The van der Waals surface area contributed by atoms with Crippen LogP contribution in [0.5, 0.6) is 0 Å². The highest BCUT2D eigenvalue weighted by molar-refractivity contribution is 5.92. The number of hydrogen-bond donors (Lipinski definition) is 1. The van der Waals surface area contributed by atoms with E-state index in [-0.39, 0.29) is 42.3 Å². The van der Waals surface area contributed by atoms with Gasteiger partial charge in [0.05, 0.1) is 44.4 Å². The zero-order chi connectivity index (χ0) is 31.4. The molecular formula is C32H27F4N3O5. The summed E-state index contributed by atoms with van der Waals surface area (Å²) in [6, 6.07) is 9.66. The molecule has 0 aliphatic carbocycles. The monoisotopic (exact) mass is 609 g/mol. The molecule has 0 bridgehead atoms. The molecule has 8 nitrogen and oxygen atoms in total. The fraction of sp³-hybridized carbons (Fsp3) is 0.250. The van der Waals surface area contributed by atoms with Gasteiger partial charge in [0.15, 0.2) is 0 Å². The first-order chi connectivity index (χ1) is 21.2. The Labute approximate surface area is 249 Å². The number of benzene rings is 2. The molecule has 0 atom stereocenters. The number of pyridine rings is 2. The number of rotatable bonds is 5. The summed E-state index contributed by atoms with van der Waals surface area (Å²) in [4.78, 5) is 31.8. The lowest BCUT2D eigenvalue weighted by Crippen LogP contribution is -2.19. The van der Waals surface area contributed by atoms with Gasteiger partial charge < -0.3 is 19.9 Å². The lowest BCUT2D eigenvalue weighted by Gasteiger charge is -2.20. The van der Waals surface area contributed by atoms with Crippen molar-refractivity contribution in [2.45, 2.75) is 33.0 Å². The van der Waals surface area contributed by atoms with Gasteiger partial charge in [0.25, 0.3) is 5.91 Å². The zero-order valence-electron chi connectivity index (χ0n) is 23.6. The molecule has 2 aromatic heterocycles. The minimum Gasteiger partial charge on any atom is -0.461 e. The number of carbonyl (C=O) groups excluding carboxylic acids is 2. The molecule has 2 aromatic carbocycles. The van der Waals surface area contributed by atoms with Crippen molar-refractivity contribution >= 4 is 11.9 Å². The number of carbonyl (C=O) groups is 2. The van der Waals surface area contributed by atoms with Crippen LogP contribution in [0.2, 0.25) is 0 Å². The van der Waals surface area contributed by atoms with Crippen LogP contribution in [0.3, 0.4) is 0 Å². The SMILES string of the molecule is CCOC(=O)c1cc(-c2ccc(F)cc2F)c2c(n1)COCC2.NC(=O)c1cc(-c2ccc(F)cc2F)c2c(n1)COCC2. The van der Waals surface area contributed by atoms with Gasteiger partial charge >= 0.3 is 5.97 Å². The third-order valence-electron chi connectivity index (χ3n) is 7.07. The number of nitrogens with two attached hydrogens (primary N) is 1. The first kappa shape index (κ1) is 30.8. The third kappa shape index (κ3) is 6.61. The van der Waals surface area contributed by atoms with Crippen LogP contribution < -0.4 is 5.73 Å². The minimum atomic E-state index is -0.702. The first-order valence-electron chi connectivity index (χ1n) is 13.7. The maximum atomic E-state index is 14.2. The molecule has 2 aliphatic heterocycles. The average molecular weight is 610 g/mol. The fourth-order valence-electron chi connectivity index (χ4n) is 5.06. The number of ether oxygens (including phenoxy) is 3. The Balaban J connectivity index is 0.000000175. The lowest BCUT2D eigenvalue weighted by molar-refractivity contribution is 0.0517. The largest absolute Gasteiger partial charge is 0.461 e. The maximum absolute atomic E-state index is 14.2. The predicted molar refractivity (Wildman–Crippen MR) is 150 cm³/mol. The van der Waals surface area contributed by atoms with E-state index in [4.69, 9.17) is 19.9 Å². The molecule has 0 saturated heterocycles. The van der Waals surface area contributed by atoms with Gasteiger partial charge in [-0.25, -0.2) is 32.3 Å². The number of nitrogens with zero attached hydrogens (tertiary/aromatic N) is 2. The number of primary amides is 1. The molecule has 12 heteroatoms. The number of aromatic nitrogens is 2. The van der Waals surface area contributed by atoms with Gasteiger partial charge in [0.1, 0.15) is 34.7 Å². The number of fused-ring (bicyclic) bond motifs is 2. The van der Waals surface area contributed by atoms with E-state index in [0.717, 1.165) is 23.3 Å². The normalized spacial score (nSPS) is 13.7. The van der Waals surface area contributed by atoms with Crippen molar-refractivity contribution in [3.8, 4) is 22.3 Å². The van der Waals surface area contributed by atoms with E-state index in [0.29, 0.717) is 48.6 Å². The van der Waals surface area contributed by atoms with Crippen LogP contribution in [0.15, 0.2) is 48.5 Å². The van der Waals surface area contributed by atoms with Gasteiger partial charge in [-0.3, -0.25) is 4.79 Å². The Bertz CT molecular complexity index is 1750. The van der Waals surface area contributed by atoms with E-state index in [1.165, 1.54) is 36.4 Å². The molecule has 44 heavy (non-hydrogen) atoms. The second kappa shape index (κ2) is 13.3. The van der Waals surface area contributed by atoms with Crippen LogP contribution in [0, 0.1) is 23.3 Å². The molecule has 2 aliphatic rings. The van der Waals surface area contributed by atoms with Crippen molar-refractivity contribution in [1.29, 1.82) is 0 Å². The Hall–Kier alpha value is -4.68. The molecule has 6 rings (SSSR count). The molecule has 0 unspecified atom stereocenters. The number of amides is 1. The van der Waals surface area contributed by atoms with Crippen LogP contribution in [0.4, 0.5) is 17.6 Å². The van der Waals surface area contributed by atoms with Gasteiger partial charge in [-0.15, -0.1) is 0 Å². The second-order valence-corrected chi connectivity index (χ2v) is 9.90. The molecule has 0 saturated carbocycles. The van der Waals surface area contributed by atoms with Crippen LogP contribution in [0.1, 0.15) is 50.4 Å². The summed E-state index contributed by atoms with van der Waals surface area (Å²) in [6.45, 7) is 3.38. The van der Waals surface area contributed by atoms with Gasteiger partial charge in [0.2, 0.25) is 0 Å². The van der Waals surface area contributed by atoms with Crippen LogP contribution >= 0.6 is 0 Å². The molecule has 4 aromatic rings. The van der Waals surface area contributed by atoms with E-state index in [1.54, 1.807) is 6.92 Å². The molecule has 2 N–H and O–H groups in total. The highest BCUT2D eigenvalue weighted by Crippen LogP contribution is 2.33. The van der Waals surface area contributed by atoms with Crippen molar-refractivity contribution in [2.75, 3.05) is 19.8 Å². The molecule has 0 fully saturated rings. The topological polar surface area (TPSA) is 114 Å². The summed E-state index contributed by atoms with van der Waals surface area (Å²) in [5.74, 6) is -3.96. The van der Waals surface area contributed by atoms with Gasteiger partial charge in [0, 0.05) is 23.3 Å². The second-order valence-electron chi connectivity index (χ2n) is 9.90. The fourth-order valence-corrected chi connectivity index (χ4v) is 5.06. The van der Waals surface area contributed by atoms with Crippen molar-refractivity contribution in [3.63, 3.8) is 0 Å². The molecule has 228 valence electrons. The smallest absolute Gasteiger partial charge is 0.356 e. The van der Waals surface area contributed by atoms with E-state index in [1.807, 2.05) is 0 Å². The quantitative estimate of drug-likeness (QED) is 0.236. The number of esters is 1. The standard InChI is InChI=1S/C17H15F2NO3.C15H12F2N2O2/c1-2-23-17(21)15-8-13(11-4-3-10(18)7-14(11)19)12-5-6-22-9-16(12)20-15;16-8-1-2-9(12(17)5-8)11-6-13(15(18)20)19-14-7-21-4-3-10(11)14/h3-4,7-8H,2,5-6,9H2,1H3;1-2,5-6H,3-4,7H2,(H2,18,20). The summed E-state index contributed by atoms with van der Waals surface area (Å²) >= 11 is 0. The lowest BCUT2D eigenvalue weighted by atomic mass is 9.94. The number of halogens is 4. The summed E-state index contributed by atoms with van der Waals surface area (Å²) in [7, 11) is 0. The van der Waals surface area contributed by atoms with Crippen LogP contribution in [0.25, 0.3) is 22.3 Å². The van der Waals surface area contributed by atoms with Gasteiger partial charge in [-0.1, -0.05) is 0 Å². The first-order valence-corrected chi connectivity index (χ1v) is 13.7. The van der Waals surface area contributed by atoms with E-state index < -0.39 is 35.1 Å². The van der Waals surface area contributed by atoms with Crippen LogP contribution in [-0.4, -0.2) is 41.7 Å². The highest BCUT2D eigenvalue weighted by Gasteiger charge is 2.23. The van der Waals surface area contributed by atoms with Crippen molar-refractivity contribution in [2.24, 2.45) is 5.73 Å². The Kier molecular flexibility index (Phi) is 9.31. The molecule has 1 amide bonds.